The van der Waals surface area contributed by atoms with Crippen LogP contribution in [0.3, 0.4) is 0 Å². The van der Waals surface area contributed by atoms with Crippen LogP contribution in [-0.4, -0.2) is 23.0 Å². The van der Waals surface area contributed by atoms with E-state index in [9.17, 15) is 19.5 Å². The van der Waals surface area contributed by atoms with Crippen LogP contribution in [0.4, 0.5) is 4.79 Å². The van der Waals surface area contributed by atoms with Gasteiger partial charge in [0.2, 0.25) is 0 Å². The molecule has 0 spiro atoms. The lowest BCUT2D eigenvalue weighted by Crippen LogP contribution is -2.41. The summed E-state index contributed by atoms with van der Waals surface area (Å²) in [5.74, 6) is -1.95. The van der Waals surface area contributed by atoms with Gasteiger partial charge in [-0.3, -0.25) is 14.9 Å². The van der Waals surface area contributed by atoms with Crippen molar-refractivity contribution >= 4 is 17.9 Å². The van der Waals surface area contributed by atoms with Crippen LogP contribution in [0.2, 0.25) is 0 Å². The Kier molecular flexibility index (Phi) is 6.23. The van der Waals surface area contributed by atoms with Crippen molar-refractivity contribution in [2.75, 3.05) is 0 Å². The zero-order valence-electron chi connectivity index (χ0n) is 19.1. The average molecular weight is 471 g/mol. The second-order valence-corrected chi connectivity index (χ2v) is 8.94. The second-order valence-electron chi connectivity index (χ2n) is 8.94. The predicted molar refractivity (Wildman–Crippen MR) is 130 cm³/mol. The number of carbonyl (C=O) groups is 3. The smallest absolute Gasteiger partial charge is 0.322 e. The molecule has 2 aliphatic carbocycles. The van der Waals surface area contributed by atoms with Crippen molar-refractivity contribution in [3.05, 3.63) is 83.4 Å². The first-order chi connectivity index (χ1) is 17.0. The number of rotatable bonds is 4. The zero-order chi connectivity index (χ0) is 24.4. The fourth-order valence-corrected chi connectivity index (χ4v) is 5.01. The SMILES string of the molecule is O=C(NC(=O)c1c(O)cccc1OC(=O)C1CCCCC1)NC1c2ccccc2-c2ccccc21. The second kappa shape index (κ2) is 9.62. The van der Waals surface area contributed by atoms with Gasteiger partial charge in [-0.15, -0.1) is 0 Å². The first kappa shape index (κ1) is 22.7. The number of phenols is 1. The van der Waals surface area contributed by atoms with E-state index in [1.807, 2.05) is 48.5 Å². The number of amides is 3. The minimum Gasteiger partial charge on any atom is -0.507 e. The fraction of sp³-hybridized carbons (Fsp3) is 0.250. The van der Waals surface area contributed by atoms with Crippen LogP contribution < -0.4 is 15.4 Å². The highest BCUT2D eigenvalue weighted by Gasteiger charge is 2.31. The summed E-state index contributed by atoms with van der Waals surface area (Å²) in [6, 6.07) is 18.6. The molecule has 0 unspecified atom stereocenters. The summed E-state index contributed by atoms with van der Waals surface area (Å²) < 4.78 is 5.50. The first-order valence-electron chi connectivity index (χ1n) is 11.9. The molecular formula is C28H26N2O5. The van der Waals surface area contributed by atoms with Crippen LogP contribution in [0.15, 0.2) is 66.7 Å². The number of hydrogen-bond acceptors (Lipinski definition) is 5. The van der Waals surface area contributed by atoms with Crippen LogP contribution >= 0.6 is 0 Å². The average Bonchev–Trinajstić information content (AvgIpc) is 3.18. The predicted octanol–water partition coefficient (Wildman–Crippen LogP) is 5.09. The number of fused-ring (bicyclic) bond motifs is 3. The number of ether oxygens (including phenoxy) is 1. The summed E-state index contributed by atoms with van der Waals surface area (Å²) in [4.78, 5) is 38.5. The molecule has 3 aromatic carbocycles. The quantitative estimate of drug-likeness (QED) is 0.364. The molecule has 178 valence electrons. The van der Waals surface area contributed by atoms with Crippen LogP contribution in [0.1, 0.15) is 59.6 Å². The summed E-state index contributed by atoms with van der Waals surface area (Å²) in [5, 5.41) is 15.5. The van der Waals surface area contributed by atoms with Crippen molar-refractivity contribution in [3.63, 3.8) is 0 Å². The molecule has 1 fully saturated rings. The van der Waals surface area contributed by atoms with E-state index >= 15 is 0 Å². The lowest BCUT2D eigenvalue weighted by molar-refractivity contribution is -0.140. The summed E-state index contributed by atoms with van der Waals surface area (Å²) in [6.45, 7) is 0. The largest absolute Gasteiger partial charge is 0.507 e. The lowest BCUT2D eigenvalue weighted by Gasteiger charge is -2.21. The van der Waals surface area contributed by atoms with Crippen molar-refractivity contribution in [3.8, 4) is 22.6 Å². The van der Waals surface area contributed by atoms with E-state index < -0.39 is 23.9 Å². The Morgan fingerprint density at radius 1 is 0.800 bits per heavy atom. The van der Waals surface area contributed by atoms with Crippen LogP contribution in [0, 0.1) is 5.92 Å². The molecule has 0 aliphatic heterocycles. The molecule has 0 bridgehead atoms. The van der Waals surface area contributed by atoms with Crippen molar-refractivity contribution in [1.29, 1.82) is 0 Å². The van der Waals surface area contributed by atoms with Gasteiger partial charge < -0.3 is 15.2 Å². The van der Waals surface area contributed by atoms with Crippen molar-refractivity contribution < 1.29 is 24.2 Å². The molecule has 7 nitrogen and oxygen atoms in total. The summed E-state index contributed by atoms with van der Waals surface area (Å²) in [7, 11) is 0. The Labute approximate surface area is 203 Å². The van der Waals surface area contributed by atoms with E-state index in [-0.39, 0.29) is 23.0 Å². The Morgan fingerprint density at radius 2 is 1.43 bits per heavy atom. The monoisotopic (exact) mass is 470 g/mol. The van der Waals surface area contributed by atoms with Gasteiger partial charge in [0.15, 0.2) is 0 Å². The van der Waals surface area contributed by atoms with Crippen LogP contribution in [0.5, 0.6) is 11.5 Å². The molecule has 3 N–H and O–H groups in total. The number of urea groups is 1. The highest BCUT2D eigenvalue weighted by Crippen LogP contribution is 2.43. The summed E-state index contributed by atoms with van der Waals surface area (Å²) in [6.07, 6.45) is 4.49. The van der Waals surface area contributed by atoms with Gasteiger partial charge in [-0.1, -0.05) is 73.9 Å². The molecule has 3 aromatic rings. The van der Waals surface area contributed by atoms with E-state index in [0.717, 1.165) is 54.4 Å². The third kappa shape index (κ3) is 4.49. The van der Waals surface area contributed by atoms with Crippen molar-refractivity contribution in [1.82, 2.24) is 10.6 Å². The highest BCUT2D eigenvalue weighted by molar-refractivity contribution is 6.08. The van der Waals surface area contributed by atoms with E-state index in [0.29, 0.717) is 0 Å². The van der Waals surface area contributed by atoms with Gasteiger partial charge in [-0.05, 0) is 47.2 Å². The summed E-state index contributed by atoms with van der Waals surface area (Å²) in [5.41, 5.74) is 3.66. The normalized spacial score (nSPS) is 15.1. The van der Waals surface area contributed by atoms with Crippen LogP contribution in [-0.2, 0) is 4.79 Å². The van der Waals surface area contributed by atoms with E-state index in [1.54, 1.807) is 0 Å². The molecule has 7 heteroatoms. The van der Waals surface area contributed by atoms with Gasteiger partial charge in [0, 0.05) is 0 Å². The summed E-state index contributed by atoms with van der Waals surface area (Å²) >= 11 is 0. The van der Waals surface area contributed by atoms with E-state index in [4.69, 9.17) is 4.74 Å². The van der Waals surface area contributed by atoms with Crippen molar-refractivity contribution in [2.24, 2.45) is 5.92 Å². The number of imide groups is 1. The number of hydrogen-bond donors (Lipinski definition) is 3. The maximum atomic E-state index is 13.0. The van der Waals surface area contributed by atoms with Gasteiger partial charge in [-0.25, -0.2) is 4.79 Å². The standard InChI is InChI=1S/C28H26N2O5/c31-22-15-8-16-23(35-27(33)17-9-2-1-3-10-17)24(22)26(32)30-28(34)29-25-20-13-6-4-11-18(20)19-12-5-7-14-21(19)25/h4-8,11-17,25,31H,1-3,9-10H2,(H2,29,30,32,34). The van der Waals surface area contributed by atoms with Gasteiger partial charge in [-0.2, -0.15) is 0 Å². The maximum absolute atomic E-state index is 13.0. The molecule has 0 heterocycles. The molecule has 3 amide bonds. The molecule has 0 saturated heterocycles. The van der Waals surface area contributed by atoms with Gasteiger partial charge in [0.05, 0.1) is 12.0 Å². The fourth-order valence-electron chi connectivity index (χ4n) is 5.01. The first-order valence-corrected chi connectivity index (χ1v) is 11.9. The Morgan fingerprint density at radius 3 is 2.09 bits per heavy atom. The number of phenolic OH excluding ortho intramolecular Hbond substituents is 1. The molecule has 0 atom stereocenters. The molecular weight excluding hydrogens is 444 g/mol. The number of benzene rings is 3. The number of nitrogens with one attached hydrogen (secondary N) is 2. The third-order valence-corrected chi connectivity index (χ3v) is 6.72. The number of esters is 1. The lowest BCUT2D eigenvalue weighted by atomic mass is 9.89. The van der Waals surface area contributed by atoms with Gasteiger partial charge >= 0.3 is 12.0 Å². The third-order valence-electron chi connectivity index (χ3n) is 6.72. The number of aromatic hydroxyl groups is 1. The van der Waals surface area contributed by atoms with E-state index in [2.05, 4.69) is 10.6 Å². The Hall–Kier alpha value is -4.13. The van der Waals surface area contributed by atoms with Crippen LogP contribution in [0.25, 0.3) is 11.1 Å². The maximum Gasteiger partial charge on any atom is 0.322 e. The van der Waals surface area contributed by atoms with Crippen molar-refractivity contribution in [2.45, 2.75) is 38.1 Å². The van der Waals surface area contributed by atoms with Gasteiger partial charge in [0.25, 0.3) is 5.91 Å². The highest BCUT2D eigenvalue weighted by atomic mass is 16.5. The Bertz CT molecular complexity index is 1250. The number of carbonyl (C=O) groups excluding carboxylic acids is 3. The topological polar surface area (TPSA) is 105 Å². The minimum atomic E-state index is -0.855. The zero-order valence-corrected chi connectivity index (χ0v) is 19.1. The molecule has 35 heavy (non-hydrogen) atoms. The molecule has 5 rings (SSSR count). The van der Waals surface area contributed by atoms with Gasteiger partial charge in [0.1, 0.15) is 17.1 Å². The van der Waals surface area contributed by atoms with E-state index in [1.165, 1.54) is 18.2 Å². The Balaban J connectivity index is 1.32. The molecule has 2 aliphatic rings. The molecule has 0 radical (unpaired) electrons. The molecule has 1 saturated carbocycles. The molecule has 0 aromatic heterocycles. The minimum absolute atomic E-state index is 0.0672.